The van der Waals surface area contributed by atoms with E-state index < -0.39 is 17.7 Å². The molecule has 0 saturated carbocycles. The summed E-state index contributed by atoms with van der Waals surface area (Å²) in [5.74, 6) is -0.863. The van der Waals surface area contributed by atoms with Crippen LogP contribution in [0.15, 0.2) is 66.6 Å². The van der Waals surface area contributed by atoms with Crippen LogP contribution in [0, 0.1) is 11.6 Å². The summed E-state index contributed by atoms with van der Waals surface area (Å²) in [5, 5.41) is 12.9. The maximum absolute atomic E-state index is 13.9. The SMILES string of the molecule is CC/C=C(\Cc1ccc(O)cc1)NC(c1ccc(F)c(F)c1)c1nccn1C. The molecule has 0 aliphatic rings. The zero-order valence-corrected chi connectivity index (χ0v) is 15.9. The van der Waals surface area contributed by atoms with Crippen LogP contribution in [0.1, 0.15) is 36.3 Å². The maximum atomic E-state index is 13.9. The van der Waals surface area contributed by atoms with Gasteiger partial charge in [0.1, 0.15) is 17.6 Å². The molecule has 0 bridgehead atoms. The van der Waals surface area contributed by atoms with Gasteiger partial charge in [-0.05, 0) is 41.8 Å². The van der Waals surface area contributed by atoms with E-state index >= 15 is 0 Å². The summed E-state index contributed by atoms with van der Waals surface area (Å²) in [6.07, 6.45) is 6.97. The first-order valence-electron chi connectivity index (χ1n) is 9.13. The number of hydrogen-bond acceptors (Lipinski definition) is 3. The summed E-state index contributed by atoms with van der Waals surface area (Å²) in [6, 6.07) is 10.5. The standard InChI is InChI=1S/C22H23F2N3O/c1-3-4-17(13-15-5-8-18(28)9-6-15)26-21(22-25-11-12-27(22)2)16-7-10-19(23)20(24)14-16/h4-12,14,21,26,28H,3,13H2,1-2H3/b17-4+. The molecule has 28 heavy (non-hydrogen) atoms. The van der Waals surface area contributed by atoms with Crippen LogP contribution in [0.3, 0.4) is 0 Å². The Morgan fingerprint density at radius 1 is 1.18 bits per heavy atom. The third kappa shape index (κ3) is 4.57. The Labute approximate surface area is 163 Å². The Kier molecular flexibility index (Phi) is 6.09. The van der Waals surface area contributed by atoms with Gasteiger partial charge in [0, 0.05) is 31.6 Å². The Hall–Kier alpha value is -3.15. The molecule has 0 saturated heterocycles. The van der Waals surface area contributed by atoms with Gasteiger partial charge in [0.15, 0.2) is 11.6 Å². The van der Waals surface area contributed by atoms with Crippen LogP contribution >= 0.6 is 0 Å². The third-order valence-electron chi connectivity index (χ3n) is 4.50. The molecule has 0 aliphatic heterocycles. The fourth-order valence-electron chi connectivity index (χ4n) is 3.09. The maximum Gasteiger partial charge on any atom is 0.159 e. The first-order chi connectivity index (χ1) is 13.5. The molecule has 1 heterocycles. The Balaban J connectivity index is 1.94. The van der Waals surface area contributed by atoms with Gasteiger partial charge in [-0.15, -0.1) is 0 Å². The Morgan fingerprint density at radius 2 is 1.93 bits per heavy atom. The number of aryl methyl sites for hydroxylation is 1. The van der Waals surface area contributed by atoms with Gasteiger partial charge in [-0.25, -0.2) is 13.8 Å². The number of halogens is 2. The van der Waals surface area contributed by atoms with Crippen molar-refractivity contribution in [1.29, 1.82) is 0 Å². The van der Waals surface area contributed by atoms with Gasteiger partial charge >= 0.3 is 0 Å². The number of phenolic OH excluding ortho intramolecular Hbond substituents is 1. The van der Waals surface area contributed by atoms with Crippen LogP contribution in [0.25, 0.3) is 0 Å². The van der Waals surface area contributed by atoms with E-state index in [4.69, 9.17) is 0 Å². The quantitative estimate of drug-likeness (QED) is 0.626. The second kappa shape index (κ2) is 8.69. The molecule has 4 nitrogen and oxygen atoms in total. The van der Waals surface area contributed by atoms with E-state index in [1.807, 2.05) is 36.9 Å². The molecule has 146 valence electrons. The number of rotatable bonds is 7. The number of aromatic nitrogens is 2. The van der Waals surface area contributed by atoms with E-state index in [0.29, 0.717) is 17.8 Å². The number of allylic oxidation sites excluding steroid dienone is 2. The molecule has 2 N–H and O–H groups in total. The van der Waals surface area contributed by atoms with Gasteiger partial charge in [-0.3, -0.25) is 0 Å². The lowest BCUT2D eigenvalue weighted by molar-refractivity contribution is 0.475. The molecule has 3 aromatic rings. The molecular formula is C22H23F2N3O. The van der Waals surface area contributed by atoms with Gasteiger partial charge in [0.2, 0.25) is 0 Å². The second-order valence-electron chi connectivity index (χ2n) is 6.63. The van der Waals surface area contributed by atoms with E-state index in [0.717, 1.165) is 23.7 Å². The van der Waals surface area contributed by atoms with Crippen molar-refractivity contribution in [3.05, 3.63) is 95.2 Å². The molecule has 6 heteroatoms. The van der Waals surface area contributed by atoms with Gasteiger partial charge in [0.25, 0.3) is 0 Å². The predicted octanol–water partition coefficient (Wildman–Crippen LogP) is 4.62. The summed E-state index contributed by atoms with van der Waals surface area (Å²) in [7, 11) is 1.86. The molecule has 1 atom stereocenters. The van der Waals surface area contributed by atoms with Crippen molar-refractivity contribution >= 4 is 0 Å². The lowest BCUT2D eigenvalue weighted by Crippen LogP contribution is -2.26. The number of imidazole rings is 1. The van der Waals surface area contributed by atoms with Crippen LogP contribution in [-0.4, -0.2) is 14.7 Å². The molecule has 0 fully saturated rings. The van der Waals surface area contributed by atoms with Crippen molar-refractivity contribution in [1.82, 2.24) is 14.9 Å². The summed E-state index contributed by atoms with van der Waals surface area (Å²) < 4.78 is 29.2. The Morgan fingerprint density at radius 3 is 2.54 bits per heavy atom. The van der Waals surface area contributed by atoms with Crippen molar-refractivity contribution in [2.75, 3.05) is 0 Å². The smallest absolute Gasteiger partial charge is 0.159 e. The molecule has 3 rings (SSSR count). The fraction of sp³-hybridized carbons (Fsp3) is 0.227. The van der Waals surface area contributed by atoms with E-state index in [1.165, 1.54) is 6.07 Å². The monoisotopic (exact) mass is 383 g/mol. The highest BCUT2D eigenvalue weighted by Gasteiger charge is 2.21. The molecule has 0 radical (unpaired) electrons. The molecule has 1 aromatic heterocycles. The summed E-state index contributed by atoms with van der Waals surface area (Å²) in [6.45, 7) is 2.03. The molecule has 2 aromatic carbocycles. The van der Waals surface area contributed by atoms with Crippen LogP contribution in [0.5, 0.6) is 5.75 Å². The van der Waals surface area contributed by atoms with E-state index in [1.54, 1.807) is 24.4 Å². The lowest BCUT2D eigenvalue weighted by Gasteiger charge is -2.23. The highest BCUT2D eigenvalue weighted by atomic mass is 19.2. The first-order valence-corrected chi connectivity index (χ1v) is 9.13. The predicted molar refractivity (Wildman–Crippen MR) is 105 cm³/mol. The van der Waals surface area contributed by atoms with Gasteiger partial charge < -0.3 is 15.0 Å². The first kappa shape index (κ1) is 19.6. The van der Waals surface area contributed by atoms with Crippen LogP contribution in [-0.2, 0) is 13.5 Å². The van der Waals surface area contributed by atoms with Crippen molar-refractivity contribution in [2.24, 2.45) is 7.05 Å². The van der Waals surface area contributed by atoms with E-state index in [-0.39, 0.29) is 5.75 Å². The van der Waals surface area contributed by atoms with Crippen molar-refractivity contribution < 1.29 is 13.9 Å². The highest BCUT2D eigenvalue weighted by molar-refractivity contribution is 5.31. The minimum Gasteiger partial charge on any atom is -0.508 e. The summed E-state index contributed by atoms with van der Waals surface area (Å²) >= 11 is 0. The number of benzene rings is 2. The van der Waals surface area contributed by atoms with Crippen LogP contribution < -0.4 is 5.32 Å². The fourth-order valence-corrected chi connectivity index (χ4v) is 3.09. The molecule has 0 amide bonds. The summed E-state index contributed by atoms with van der Waals surface area (Å²) in [4.78, 5) is 4.40. The minimum absolute atomic E-state index is 0.213. The third-order valence-corrected chi connectivity index (χ3v) is 4.50. The number of aromatic hydroxyl groups is 1. The van der Waals surface area contributed by atoms with Crippen molar-refractivity contribution in [2.45, 2.75) is 25.8 Å². The second-order valence-corrected chi connectivity index (χ2v) is 6.63. The van der Waals surface area contributed by atoms with E-state index in [2.05, 4.69) is 16.4 Å². The number of nitrogens with one attached hydrogen (secondary N) is 1. The highest BCUT2D eigenvalue weighted by Crippen LogP contribution is 2.25. The normalized spacial score (nSPS) is 12.8. The molecular weight excluding hydrogens is 360 g/mol. The summed E-state index contributed by atoms with van der Waals surface area (Å²) in [5.41, 5.74) is 2.54. The van der Waals surface area contributed by atoms with Gasteiger partial charge in [-0.1, -0.05) is 31.2 Å². The van der Waals surface area contributed by atoms with Crippen molar-refractivity contribution in [3.8, 4) is 5.75 Å². The molecule has 0 spiro atoms. The van der Waals surface area contributed by atoms with Gasteiger partial charge in [-0.2, -0.15) is 0 Å². The average Bonchev–Trinajstić information content (AvgIpc) is 3.09. The topological polar surface area (TPSA) is 50.1 Å². The van der Waals surface area contributed by atoms with E-state index in [9.17, 15) is 13.9 Å². The molecule has 1 unspecified atom stereocenters. The zero-order valence-electron chi connectivity index (χ0n) is 15.9. The average molecular weight is 383 g/mol. The van der Waals surface area contributed by atoms with Crippen molar-refractivity contribution in [3.63, 3.8) is 0 Å². The number of phenols is 1. The largest absolute Gasteiger partial charge is 0.508 e. The lowest BCUT2D eigenvalue weighted by atomic mass is 10.0. The Bertz CT molecular complexity index is 964. The number of nitrogens with zero attached hydrogens (tertiary/aromatic N) is 2. The molecule has 0 aliphatic carbocycles. The zero-order chi connectivity index (χ0) is 20.1. The number of hydrogen-bond donors (Lipinski definition) is 2. The van der Waals surface area contributed by atoms with Crippen LogP contribution in [0.2, 0.25) is 0 Å². The minimum atomic E-state index is -0.891. The van der Waals surface area contributed by atoms with Gasteiger partial charge in [0.05, 0.1) is 0 Å². The van der Waals surface area contributed by atoms with Crippen LogP contribution in [0.4, 0.5) is 8.78 Å².